The van der Waals surface area contributed by atoms with Gasteiger partial charge in [0.05, 0.1) is 19.5 Å². The molecule has 3 nitrogen and oxygen atoms in total. The first-order valence-electron chi connectivity index (χ1n) is 21.0. The summed E-state index contributed by atoms with van der Waals surface area (Å²) in [7, 11) is 0. The Hall–Kier alpha value is -7.01. The van der Waals surface area contributed by atoms with Gasteiger partial charge in [-0.15, -0.1) is 11.3 Å². The van der Waals surface area contributed by atoms with Gasteiger partial charge in [-0.2, -0.15) is 0 Å². The van der Waals surface area contributed by atoms with E-state index in [1.54, 1.807) is 11.3 Å². The molecule has 4 heteroatoms. The van der Waals surface area contributed by atoms with E-state index < -0.39 is 12.1 Å². The van der Waals surface area contributed by atoms with Crippen molar-refractivity contribution in [3.63, 3.8) is 0 Å². The van der Waals surface area contributed by atoms with Gasteiger partial charge in [0, 0.05) is 36.9 Å². The molecule has 55 heavy (non-hydrogen) atoms. The maximum Gasteiger partial charge on any atom is 0.228 e. The third kappa shape index (κ3) is 5.30. The molecule has 0 bridgehead atoms. The molecule has 258 valence electrons. The van der Waals surface area contributed by atoms with Gasteiger partial charge < -0.3 is 9.32 Å². The summed E-state index contributed by atoms with van der Waals surface area (Å²) >= 11 is 1.64. The van der Waals surface area contributed by atoms with Gasteiger partial charge in [0.15, 0.2) is 5.58 Å². The number of oxazole rings is 1. The highest BCUT2D eigenvalue weighted by Gasteiger charge is 2.21. The summed E-state index contributed by atoms with van der Waals surface area (Å²) in [5.41, 5.74) is 6.67. The van der Waals surface area contributed by atoms with Crippen molar-refractivity contribution in [3.05, 3.63) is 194 Å². The van der Waals surface area contributed by atoms with Crippen molar-refractivity contribution in [3.8, 4) is 33.7 Å². The summed E-state index contributed by atoms with van der Waals surface area (Å²) in [5, 5.41) is 4.17. The third-order valence-electron chi connectivity index (χ3n) is 10.2. The lowest BCUT2D eigenvalue weighted by atomic mass is 9.94. The number of fused-ring (bicyclic) bond motifs is 6. The highest BCUT2D eigenvalue weighted by molar-refractivity contribution is 7.26. The van der Waals surface area contributed by atoms with Crippen LogP contribution in [0.5, 0.6) is 0 Å². The predicted octanol–water partition coefficient (Wildman–Crippen LogP) is 15.0. The molecule has 0 aliphatic rings. The van der Waals surface area contributed by atoms with E-state index in [1.807, 2.05) is 144 Å². The normalized spacial score (nSPS) is 13.2. The summed E-state index contributed by atoms with van der Waals surface area (Å²) in [5.74, 6) is 0.490. The van der Waals surface area contributed by atoms with E-state index in [0.29, 0.717) is 28.4 Å². The summed E-state index contributed by atoms with van der Waals surface area (Å²) in [6, 6.07) is 49.5. The van der Waals surface area contributed by atoms with Crippen LogP contribution < -0.4 is 4.90 Å². The SMILES string of the molecule is [2H]c1c([2H])c([2H])c2c(N(c3ccccc3)c3ccc(-c4ccccc4)cc3)c([2H])c([2H])c(-c3ccc4sc5cc6ccccc6c(-c6nc7ccccc7o6)c5c4c3)c2c1[2H]. The highest BCUT2D eigenvalue weighted by Crippen LogP contribution is 2.47. The van der Waals surface area contributed by atoms with Crippen LogP contribution >= 0.6 is 11.3 Å². The van der Waals surface area contributed by atoms with Crippen LogP contribution in [0, 0.1) is 0 Å². The molecule has 0 amide bonds. The molecule has 0 radical (unpaired) electrons. The minimum Gasteiger partial charge on any atom is -0.436 e. The highest BCUT2D eigenvalue weighted by atomic mass is 32.1. The Bertz CT molecular complexity index is 3520. The second-order valence-electron chi connectivity index (χ2n) is 13.5. The molecule has 0 fully saturated rings. The minimum atomic E-state index is -0.414. The molecule has 9 aromatic carbocycles. The average Bonchev–Trinajstić information content (AvgIpc) is 3.90. The molecule has 0 atom stereocenters. The quantitative estimate of drug-likeness (QED) is 0.171. The molecule has 0 aliphatic heterocycles. The second kappa shape index (κ2) is 12.8. The van der Waals surface area contributed by atoms with Gasteiger partial charge in [-0.25, -0.2) is 4.98 Å². The third-order valence-corrected chi connectivity index (χ3v) is 11.3. The monoisotopic (exact) mass is 726 g/mol. The lowest BCUT2D eigenvalue weighted by Crippen LogP contribution is -2.10. The number of anilines is 3. The Labute approximate surface area is 330 Å². The number of aromatic nitrogens is 1. The molecule has 0 saturated heterocycles. The molecule has 0 unspecified atom stereocenters. The van der Waals surface area contributed by atoms with Crippen molar-refractivity contribution in [2.45, 2.75) is 0 Å². The zero-order valence-corrected chi connectivity index (χ0v) is 30.0. The zero-order valence-electron chi connectivity index (χ0n) is 35.2. The number of benzene rings is 9. The van der Waals surface area contributed by atoms with Crippen LogP contribution in [-0.2, 0) is 0 Å². The maximum absolute atomic E-state index is 9.82. The Kier molecular flexibility index (Phi) is 6.04. The fraction of sp³-hybridized carbons (Fsp3) is 0. The van der Waals surface area contributed by atoms with Crippen molar-refractivity contribution in [1.29, 1.82) is 0 Å². The topological polar surface area (TPSA) is 29.3 Å². The van der Waals surface area contributed by atoms with Gasteiger partial charge >= 0.3 is 0 Å². The van der Waals surface area contributed by atoms with E-state index in [0.717, 1.165) is 53.2 Å². The number of thiophene rings is 1. The van der Waals surface area contributed by atoms with Crippen LogP contribution in [0.3, 0.4) is 0 Å². The molecule has 0 aliphatic carbocycles. The molecule has 0 N–H and O–H groups in total. The van der Waals surface area contributed by atoms with Gasteiger partial charge in [-0.3, -0.25) is 0 Å². The van der Waals surface area contributed by atoms with Crippen LogP contribution in [0.15, 0.2) is 198 Å². The van der Waals surface area contributed by atoms with E-state index >= 15 is 0 Å². The van der Waals surface area contributed by atoms with Gasteiger partial charge in [0.25, 0.3) is 0 Å². The number of hydrogen-bond donors (Lipinski definition) is 0. The molecule has 11 rings (SSSR count). The van der Waals surface area contributed by atoms with Crippen molar-refractivity contribution in [2.75, 3.05) is 4.90 Å². The van der Waals surface area contributed by atoms with Gasteiger partial charge in [-0.05, 0) is 99.1 Å². The largest absolute Gasteiger partial charge is 0.436 e. The van der Waals surface area contributed by atoms with Crippen molar-refractivity contribution >= 4 is 81.2 Å². The average molecular weight is 727 g/mol. The van der Waals surface area contributed by atoms with Crippen molar-refractivity contribution in [2.24, 2.45) is 0 Å². The first kappa shape index (κ1) is 25.9. The molecular weight excluding hydrogens is 689 g/mol. The molecule has 0 spiro atoms. The van der Waals surface area contributed by atoms with E-state index in [2.05, 4.69) is 18.2 Å². The Balaban J connectivity index is 1.20. The van der Waals surface area contributed by atoms with Crippen molar-refractivity contribution < 1.29 is 12.6 Å². The first-order valence-corrected chi connectivity index (χ1v) is 18.9. The Morgan fingerprint density at radius 3 is 2.05 bits per heavy atom. The van der Waals surface area contributed by atoms with Crippen LogP contribution in [0.2, 0.25) is 0 Å². The van der Waals surface area contributed by atoms with E-state index in [9.17, 15) is 5.48 Å². The summed E-state index contributed by atoms with van der Waals surface area (Å²) in [6.07, 6.45) is 0. The molecule has 2 aromatic heterocycles. The fourth-order valence-corrected chi connectivity index (χ4v) is 8.83. The van der Waals surface area contributed by atoms with E-state index in [4.69, 9.17) is 12.1 Å². The van der Waals surface area contributed by atoms with Gasteiger partial charge in [-0.1, -0.05) is 133 Å². The smallest absolute Gasteiger partial charge is 0.228 e. The molecular formula is C51H32N2OS. The Morgan fingerprint density at radius 1 is 0.527 bits per heavy atom. The zero-order chi connectivity index (χ0) is 41.5. The molecule has 0 saturated carbocycles. The van der Waals surface area contributed by atoms with Crippen molar-refractivity contribution in [1.82, 2.24) is 4.98 Å². The van der Waals surface area contributed by atoms with Crippen LogP contribution in [0.25, 0.3) is 86.5 Å². The summed E-state index contributed by atoms with van der Waals surface area (Å²) in [4.78, 5) is 6.78. The summed E-state index contributed by atoms with van der Waals surface area (Å²) in [6.45, 7) is 0. The maximum atomic E-state index is 9.82. The van der Waals surface area contributed by atoms with E-state index in [1.165, 1.54) is 0 Å². The Morgan fingerprint density at radius 2 is 1.22 bits per heavy atom. The number of para-hydroxylation sites is 3. The van der Waals surface area contributed by atoms with Gasteiger partial charge in [0.2, 0.25) is 5.89 Å². The number of hydrogen-bond acceptors (Lipinski definition) is 4. The first-order chi connectivity index (χ1) is 29.8. The lowest BCUT2D eigenvalue weighted by Gasteiger charge is -2.27. The van der Waals surface area contributed by atoms with E-state index in [-0.39, 0.29) is 46.2 Å². The fourth-order valence-electron chi connectivity index (χ4n) is 7.69. The number of rotatable bonds is 6. The lowest BCUT2D eigenvalue weighted by molar-refractivity contribution is 0.621. The molecule has 2 heterocycles. The minimum absolute atomic E-state index is 0.155. The van der Waals surface area contributed by atoms with Crippen LogP contribution in [-0.4, -0.2) is 4.98 Å². The van der Waals surface area contributed by atoms with Gasteiger partial charge in [0.1, 0.15) is 5.52 Å². The van der Waals surface area contributed by atoms with Crippen LogP contribution in [0.4, 0.5) is 17.1 Å². The number of nitrogens with zero attached hydrogens (tertiary/aromatic N) is 2. The second-order valence-corrected chi connectivity index (χ2v) is 14.5. The predicted molar refractivity (Wildman–Crippen MR) is 233 cm³/mol. The molecule has 11 aromatic rings. The standard InChI is InChI=1S/C51H32N2OS/c1-3-13-33(14-4-1)34-23-26-38(27-24-34)53(37-16-5-2-6-17-37)45-29-28-39(41-19-9-10-20-42(41)45)36-25-30-47-43(31-36)49-48(55-47)32-35-15-7-8-18-40(35)50(49)51-52-44-21-11-12-22-46(44)54-51/h1-32H/i9D,10D,19D,20D,28D,29D. The van der Waals surface area contributed by atoms with Crippen LogP contribution in [0.1, 0.15) is 8.22 Å². The summed E-state index contributed by atoms with van der Waals surface area (Å²) < 4.78 is 64.7.